The van der Waals surface area contributed by atoms with Crippen molar-refractivity contribution in [2.75, 3.05) is 0 Å². The summed E-state index contributed by atoms with van der Waals surface area (Å²) in [7, 11) is 0. The maximum atomic E-state index is 5.50. The van der Waals surface area contributed by atoms with Crippen LogP contribution in [0.5, 0.6) is 0 Å². The van der Waals surface area contributed by atoms with Gasteiger partial charge in [0.05, 0.1) is 38.6 Å². The summed E-state index contributed by atoms with van der Waals surface area (Å²) in [5.41, 5.74) is 9.57. The lowest BCUT2D eigenvalue weighted by Gasteiger charge is -2.15. The summed E-state index contributed by atoms with van der Waals surface area (Å²) in [5, 5.41) is 12.2. The third-order valence-electron chi connectivity index (χ3n) is 10.8. The fourth-order valence-corrected chi connectivity index (χ4v) is 8.67. The van der Waals surface area contributed by atoms with Crippen molar-refractivity contribution in [2.24, 2.45) is 0 Å². The van der Waals surface area contributed by atoms with Crippen LogP contribution in [0, 0.1) is 0 Å². The van der Waals surface area contributed by atoms with Crippen LogP contribution in [0.4, 0.5) is 0 Å². The Morgan fingerprint density at radius 3 is 1.90 bits per heavy atom. The number of nitrogens with zero attached hydrogens (tertiary/aromatic N) is 4. The van der Waals surface area contributed by atoms with Crippen LogP contribution in [0.15, 0.2) is 158 Å². The Morgan fingerprint density at radius 2 is 1.04 bits per heavy atom. The van der Waals surface area contributed by atoms with E-state index in [1.807, 2.05) is 0 Å². The molecule has 4 heteroatoms. The number of para-hydroxylation sites is 1. The lowest BCUT2D eigenvalue weighted by atomic mass is 10.0. The summed E-state index contributed by atoms with van der Waals surface area (Å²) >= 11 is 0. The Kier molecular flexibility index (Phi) is 4.94. The summed E-state index contributed by atoms with van der Waals surface area (Å²) < 4.78 is 4.86. The Labute approximate surface area is 285 Å². The van der Waals surface area contributed by atoms with Gasteiger partial charge in [-0.2, -0.15) is 0 Å². The Morgan fingerprint density at radius 1 is 0.400 bits per heavy atom. The highest BCUT2D eigenvalue weighted by molar-refractivity contribution is 6.31. The molecular formula is C46H26N4. The van der Waals surface area contributed by atoms with Crippen LogP contribution in [0.3, 0.4) is 0 Å². The predicted octanol–water partition coefficient (Wildman–Crippen LogP) is 11.9. The molecule has 0 unspecified atom stereocenters. The SMILES string of the molecule is c1ccc(-c2nc3c(ccc4ccccc43)nc2-n2c3cccc4c5cccc6c7cc8ccccc8cc7n(c7cccc2c7c43)c56)cc1. The van der Waals surface area contributed by atoms with Crippen molar-refractivity contribution in [1.82, 2.24) is 18.9 Å². The molecule has 4 aromatic heterocycles. The molecule has 0 saturated carbocycles. The fraction of sp³-hybridized carbons (Fsp3) is 0. The van der Waals surface area contributed by atoms with E-state index in [1.165, 1.54) is 59.6 Å². The van der Waals surface area contributed by atoms with Gasteiger partial charge < -0.3 is 4.40 Å². The molecule has 0 spiro atoms. The molecule has 0 saturated heterocycles. The van der Waals surface area contributed by atoms with Gasteiger partial charge in [0.1, 0.15) is 5.69 Å². The molecule has 0 amide bonds. The van der Waals surface area contributed by atoms with E-state index in [4.69, 9.17) is 9.97 Å². The molecule has 0 aliphatic rings. The molecule has 4 heterocycles. The molecule has 12 rings (SSSR count). The highest BCUT2D eigenvalue weighted by Crippen LogP contribution is 2.45. The van der Waals surface area contributed by atoms with E-state index in [9.17, 15) is 0 Å². The maximum Gasteiger partial charge on any atom is 0.165 e. The van der Waals surface area contributed by atoms with Gasteiger partial charge in [-0.25, -0.2) is 9.97 Å². The Hall–Kier alpha value is -6.78. The number of hydrogen-bond donors (Lipinski definition) is 0. The predicted molar refractivity (Wildman–Crippen MR) is 209 cm³/mol. The first kappa shape index (κ1) is 26.2. The van der Waals surface area contributed by atoms with E-state index in [0.717, 1.165) is 49.9 Å². The third-order valence-corrected chi connectivity index (χ3v) is 10.8. The molecule has 12 aromatic rings. The van der Waals surface area contributed by atoms with Crippen molar-refractivity contribution in [3.8, 4) is 17.1 Å². The van der Waals surface area contributed by atoms with E-state index >= 15 is 0 Å². The smallest absolute Gasteiger partial charge is 0.165 e. The van der Waals surface area contributed by atoms with E-state index < -0.39 is 0 Å². The Balaban J connectivity index is 1.31. The molecule has 8 aromatic carbocycles. The van der Waals surface area contributed by atoms with Crippen molar-refractivity contribution in [2.45, 2.75) is 0 Å². The second kappa shape index (κ2) is 9.43. The number of rotatable bonds is 2. The molecule has 230 valence electrons. The number of fused-ring (bicyclic) bond motifs is 9. The molecule has 0 bridgehead atoms. The lowest BCUT2D eigenvalue weighted by Crippen LogP contribution is -2.04. The van der Waals surface area contributed by atoms with Gasteiger partial charge in [0, 0.05) is 37.9 Å². The first-order chi connectivity index (χ1) is 24.8. The minimum atomic E-state index is 0.829. The molecule has 0 aliphatic heterocycles. The molecular weight excluding hydrogens is 609 g/mol. The first-order valence-electron chi connectivity index (χ1n) is 17.1. The van der Waals surface area contributed by atoms with Gasteiger partial charge in [0.25, 0.3) is 0 Å². The van der Waals surface area contributed by atoms with E-state index in [2.05, 4.69) is 167 Å². The second-order valence-corrected chi connectivity index (χ2v) is 13.4. The minimum absolute atomic E-state index is 0.829. The van der Waals surface area contributed by atoms with Gasteiger partial charge in [-0.05, 0) is 57.9 Å². The summed E-state index contributed by atoms with van der Waals surface area (Å²) in [6.45, 7) is 0. The Bertz CT molecular complexity index is 3370. The highest BCUT2D eigenvalue weighted by atomic mass is 15.1. The van der Waals surface area contributed by atoms with Crippen molar-refractivity contribution in [3.63, 3.8) is 0 Å². The van der Waals surface area contributed by atoms with Gasteiger partial charge in [0.15, 0.2) is 5.82 Å². The van der Waals surface area contributed by atoms with Gasteiger partial charge in [-0.3, -0.25) is 4.57 Å². The topological polar surface area (TPSA) is 35.1 Å². The standard InChI is InChI=1S/C46H26N4/c1-2-12-28(13-3-1)43-46(47-36-24-23-27-11-6-7-16-31(27)44(36)48-43)50-37-20-9-17-32-33-18-8-19-34-35-25-29-14-4-5-15-30(29)26-40(35)49(45(33)34)38-21-10-22-39(50)42(38)41(32)37/h1-26H. The zero-order valence-electron chi connectivity index (χ0n) is 26.8. The number of aromatic nitrogens is 4. The third kappa shape index (κ3) is 3.30. The zero-order valence-corrected chi connectivity index (χ0v) is 26.8. The average Bonchev–Trinajstić information content (AvgIpc) is 3.64. The molecule has 4 nitrogen and oxygen atoms in total. The van der Waals surface area contributed by atoms with Crippen molar-refractivity contribution >= 4 is 92.5 Å². The maximum absolute atomic E-state index is 5.50. The summed E-state index contributed by atoms with van der Waals surface area (Å²) in [5.74, 6) is 0.829. The van der Waals surface area contributed by atoms with Crippen molar-refractivity contribution in [3.05, 3.63) is 158 Å². The van der Waals surface area contributed by atoms with E-state index in [0.29, 0.717) is 0 Å². The number of hydrogen-bond acceptors (Lipinski definition) is 2. The van der Waals surface area contributed by atoms with Crippen LogP contribution in [0.25, 0.3) is 110 Å². The van der Waals surface area contributed by atoms with Crippen molar-refractivity contribution < 1.29 is 0 Å². The zero-order chi connectivity index (χ0) is 32.5. The number of benzene rings is 8. The normalized spacial score (nSPS) is 12.4. The summed E-state index contributed by atoms with van der Waals surface area (Å²) in [6, 6.07) is 56.9. The summed E-state index contributed by atoms with van der Waals surface area (Å²) in [4.78, 5) is 11.0. The van der Waals surface area contributed by atoms with E-state index in [-0.39, 0.29) is 0 Å². The molecule has 0 fully saturated rings. The highest BCUT2D eigenvalue weighted by Gasteiger charge is 2.24. The molecule has 0 N–H and O–H groups in total. The monoisotopic (exact) mass is 634 g/mol. The van der Waals surface area contributed by atoms with Gasteiger partial charge in [-0.1, -0.05) is 121 Å². The van der Waals surface area contributed by atoms with Crippen LogP contribution in [0.1, 0.15) is 0 Å². The van der Waals surface area contributed by atoms with Crippen LogP contribution < -0.4 is 0 Å². The summed E-state index contributed by atoms with van der Waals surface area (Å²) in [6.07, 6.45) is 0. The molecule has 50 heavy (non-hydrogen) atoms. The average molecular weight is 635 g/mol. The van der Waals surface area contributed by atoms with E-state index in [1.54, 1.807) is 0 Å². The quantitative estimate of drug-likeness (QED) is 0.177. The van der Waals surface area contributed by atoms with Gasteiger partial charge in [-0.15, -0.1) is 0 Å². The fourth-order valence-electron chi connectivity index (χ4n) is 8.67. The second-order valence-electron chi connectivity index (χ2n) is 13.4. The van der Waals surface area contributed by atoms with Crippen LogP contribution >= 0.6 is 0 Å². The van der Waals surface area contributed by atoms with Crippen LogP contribution in [-0.4, -0.2) is 18.9 Å². The molecule has 0 aliphatic carbocycles. The largest absolute Gasteiger partial charge is 0.308 e. The van der Waals surface area contributed by atoms with Gasteiger partial charge in [0.2, 0.25) is 0 Å². The first-order valence-corrected chi connectivity index (χ1v) is 17.1. The van der Waals surface area contributed by atoms with Crippen molar-refractivity contribution in [1.29, 1.82) is 0 Å². The van der Waals surface area contributed by atoms with Crippen LogP contribution in [-0.2, 0) is 0 Å². The molecule has 0 radical (unpaired) electrons. The molecule has 0 atom stereocenters. The van der Waals surface area contributed by atoms with Gasteiger partial charge >= 0.3 is 0 Å². The van der Waals surface area contributed by atoms with Crippen LogP contribution in [0.2, 0.25) is 0 Å². The minimum Gasteiger partial charge on any atom is -0.308 e. The lowest BCUT2D eigenvalue weighted by molar-refractivity contribution is 1.08.